The van der Waals surface area contributed by atoms with Crippen molar-refractivity contribution >= 4 is 29.6 Å². The molecule has 2 N–H and O–H groups in total. The van der Waals surface area contributed by atoms with Crippen molar-refractivity contribution in [1.82, 2.24) is 15.1 Å². The minimum atomic E-state index is -1.02. The summed E-state index contributed by atoms with van der Waals surface area (Å²) in [7, 11) is 0. The topological polar surface area (TPSA) is 133 Å². The fraction of sp³-hybridized carbons (Fsp3) is 0.476. The highest BCUT2D eigenvalue weighted by atomic mass is 16.5. The van der Waals surface area contributed by atoms with Gasteiger partial charge in [-0.05, 0) is 50.4 Å². The van der Waals surface area contributed by atoms with Crippen molar-refractivity contribution in [2.24, 2.45) is 5.92 Å². The highest BCUT2D eigenvalue weighted by molar-refractivity contribution is 6.24. The predicted octanol–water partition coefficient (Wildman–Crippen LogP) is 0.263. The zero-order valence-corrected chi connectivity index (χ0v) is 16.8. The number of carboxylic acid groups (broad SMARTS) is 1. The molecule has 1 aromatic rings. The minimum Gasteiger partial charge on any atom is -0.492 e. The molecule has 0 bridgehead atoms. The van der Waals surface area contributed by atoms with E-state index < -0.39 is 35.6 Å². The largest absolute Gasteiger partial charge is 0.492 e. The summed E-state index contributed by atoms with van der Waals surface area (Å²) < 4.78 is 5.91. The van der Waals surface area contributed by atoms with E-state index in [1.807, 2.05) is 4.90 Å². The first-order valence-corrected chi connectivity index (χ1v) is 10.3. The smallest absolute Gasteiger partial charge is 0.317 e. The molecule has 1 atom stereocenters. The number of carbonyl (C=O) groups is 5. The fourth-order valence-electron chi connectivity index (χ4n) is 4.31. The molecule has 3 aliphatic rings. The van der Waals surface area contributed by atoms with E-state index in [2.05, 4.69) is 5.32 Å². The highest BCUT2D eigenvalue weighted by Crippen LogP contribution is 2.34. The van der Waals surface area contributed by atoms with Gasteiger partial charge in [-0.3, -0.25) is 39.1 Å². The van der Waals surface area contributed by atoms with Crippen LogP contribution in [0.15, 0.2) is 18.2 Å². The average molecular weight is 429 g/mol. The molecule has 3 aliphatic heterocycles. The SMILES string of the molecule is O=C(O)CN1CCC(COc2cccc3c2C(=O)N(C2CCC(=O)NC2=O)C3=O)CC1. The average Bonchev–Trinajstić information content (AvgIpc) is 2.98. The maximum absolute atomic E-state index is 13.0. The Bertz CT molecular complexity index is 952. The third-order valence-corrected chi connectivity index (χ3v) is 5.97. The van der Waals surface area contributed by atoms with E-state index in [1.54, 1.807) is 12.1 Å². The van der Waals surface area contributed by atoms with Crippen LogP contribution in [-0.2, 0) is 14.4 Å². The van der Waals surface area contributed by atoms with Crippen molar-refractivity contribution in [1.29, 1.82) is 0 Å². The lowest BCUT2D eigenvalue weighted by molar-refractivity contribution is -0.139. The van der Waals surface area contributed by atoms with E-state index in [-0.39, 0.29) is 36.4 Å². The number of hydrogen-bond acceptors (Lipinski definition) is 7. The van der Waals surface area contributed by atoms with Crippen LogP contribution in [0, 0.1) is 5.92 Å². The number of likely N-dealkylation sites (tertiary alicyclic amines) is 1. The number of hydrogen-bond donors (Lipinski definition) is 2. The maximum Gasteiger partial charge on any atom is 0.317 e. The number of ether oxygens (including phenoxy) is 1. The van der Waals surface area contributed by atoms with Crippen LogP contribution < -0.4 is 10.1 Å². The van der Waals surface area contributed by atoms with Gasteiger partial charge in [0.05, 0.1) is 24.3 Å². The molecule has 0 aromatic heterocycles. The molecule has 4 amide bonds. The highest BCUT2D eigenvalue weighted by Gasteiger charge is 2.46. The van der Waals surface area contributed by atoms with Crippen LogP contribution in [0.5, 0.6) is 5.75 Å². The zero-order valence-electron chi connectivity index (χ0n) is 16.8. The normalized spacial score (nSPS) is 22.5. The Morgan fingerprint density at radius 2 is 1.84 bits per heavy atom. The van der Waals surface area contributed by atoms with Crippen molar-refractivity contribution in [3.63, 3.8) is 0 Å². The Morgan fingerprint density at radius 3 is 2.52 bits per heavy atom. The predicted molar refractivity (Wildman–Crippen MR) is 105 cm³/mol. The van der Waals surface area contributed by atoms with Gasteiger partial charge in [0.25, 0.3) is 11.8 Å². The summed E-state index contributed by atoms with van der Waals surface area (Å²) in [6.07, 6.45) is 1.71. The lowest BCUT2D eigenvalue weighted by Gasteiger charge is -2.30. The van der Waals surface area contributed by atoms with Gasteiger partial charge in [-0.15, -0.1) is 0 Å². The van der Waals surface area contributed by atoms with Crippen molar-refractivity contribution in [2.45, 2.75) is 31.7 Å². The molecule has 4 rings (SSSR count). The number of benzene rings is 1. The monoisotopic (exact) mass is 429 g/mol. The van der Waals surface area contributed by atoms with Gasteiger partial charge >= 0.3 is 5.97 Å². The molecule has 0 aliphatic carbocycles. The summed E-state index contributed by atoms with van der Waals surface area (Å²) in [5.41, 5.74) is 0.323. The number of nitrogens with zero attached hydrogens (tertiary/aromatic N) is 2. The second-order valence-corrected chi connectivity index (χ2v) is 8.05. The van der Waals surface area contributed by atoms with E-state index in [0.717, 1.165) is 17.7 Å². The number of fused-ring (bicyclic) bond motifs is 1. The van der Waals surface area contributed by atoms with Crippen molar-refractivity contribution in [2.75, 3.05) is 26.2 Å². The molecule has 0 radical (unpaired) electrons. The molecule has 1 unspecified atom stereocenters. The number of carbonyl (C=O) groups excluding carboxylic acids is 4. The third kappa shape index (κ3) is 4.15. The van der Waals surface area contributed by atoms with Gasteiger partial charge in [-0.1, -0.05) is 6.07 Å². The molecule has 2 saturated heterocycles. The summed E-state index contributed by atoms with van der Waals surface area (Å²) in [4.78, 5) is 63.1. The van der Waals surface area contributed by atoms with Crippen LogP contribution in [0.4, 0.5) is 0 Å². The summed E-state index contributed by atoms with van der Waals surface area (Å²) in [5, 5.41) is 11.1. The quantitative estimate of drug-likeness (QED) is 0.616. The number of amides is 4. The summed E-state index contributed by atoms with van der Waals surface area (Å²) in [5.74, 6) is -2.59. The van der Waals surface area contributed by atoms with Crippen LogP contribution in [0.25, 0.3) is 0 Å². The molecule has 3 heterocycles. The number of carboxylic acids is 1. The molecule has 1 aromatic carbocycles. The second-order valence-electron chi connectivity index (χ2n) is 8.05. The van der Waals surface area contributed by atoms with E-state index in [0.29, 0.717) is 25.4 Å². The van der Waals surface area contributed by atoms with E-state index in [4.69, 9.17) is 9.84 Å². The molecule has 0 saturated carbocycles. The van der Waals surface area contributed by atoms with E-state index in [9.17, 15) is 24.0 Å². The first-order chi connectivity index (χ1) is 14.8. The second kappa shape index (κ2) is 8.46. The summed E-state index contributed by atoms with van der Waals surface area (Å²) >= 11 is 0. The molecule has 164 valence electrons. The van der Waals surface area contributed by atoms with Crippen molar-refractivity contribution in [3.8, 4) is 5.75 Å². The summed E-state index contributed by atoms with van der Waals surface area (Å²) in [6.45, 7) is 1.69. The van der Waals surface area contributed by atoms with Crippen LogP contribution >= 0.6 is 0 Å². The Balaban J connectivity index is 1.44. The van der Waals surface area contributed by atoms with Gasteiger partial charge in [0.15, 0.2) is 0 Å². The van der Waals surface area contributed by atoms with Gasteiger partial charge in [0.2, 0.25) is 11.8 Å². The molecular formula is C21H23N3O7. The first kappa shape index (κ1) is 21.0. The van der Waals surface area contributed by atoms with Gasteiger partial charge < -0.3 is 9.84 Å². The fourth-order valence-corrected chi connectivity index (χ4v) is 4.31. The molecule has 2 fully saturated rings. The summed E-state index contributed by atoms with van der Waals surface area (Å²) in [6, 6.07) is 3.76. The molecule has 31 heavy (non-hydrogen) atoms. The molecule has 10 heteroatoms. The molecule has 10 nitrogen and oxygen atoms in total. The van der Waals surface area contributed by atoms with Gasteiger partial charge in [-0.25, -0.2) is 0 Å². The number of rotatable bonds is 6. The number of aliphatic carboxylic acids is 1. The number of nitrogens with one attached hydrogen (secondary N) is 1. The Kier molecular flexibility index (Phi) is 5.73. The molecular weight excluding hydrogens is 406 g/mol. The zero-order chi connectivity index (χ0) is 22.1. The van der Waals surface area contributed by atoms with Crippen LogP contribution in [-0.4, -0.2) is 76.8 Å². The minimum absolute atomic E-state index is 0.0204. The van der Waals surface area contributed by atoms with Crippen LogP contribution in [0.3, 0.4) is 0 Å². The Hall–Kier alpha value is -3.27. The third-order valence-electron chi connectivity index (χ3n) is 5.97. The number of imide groups is 2. The van der Waals surface area contributed by atoms with Crippen LogP contribution in [0.2, 0.25) is 0 Å². The van der Waals surface area contributed by atoms with Gasteiger partial charge in [-0.2, -0.15) is 0 Å². The lowest BCUT2D eigenvalue weighted by atomic mass is 9.98. The maximum atomic E-state index is 13.0. The first-order valence-electron chi connectivity index (χ1n) is 10.3. The van der Waals surface area contributed by atoms with E-state index >= 15 is 0 Å². The van der Waals surface area contributed by atoms with Gasteiger partial charge in [0, 0.05) is 6.42 Å². The van der Waals surface area contributed by atoms with Crippen molar-refractivity contribution in [3.05, 3.63) is 29.3 Å². The number of piperidine rings is 2. The van der Waals surface area contributed by atoms with Gasteiger partial charge in [0.1, 0.15) is 11.8 Å². The standard InChI is InChI=1S/C21H23N3O7/c25-16-5-4-14(19(28)22-16)24-20(29)13-2-1-3-15(18(13)21(24)30)31-11-12-6-8-23(9-7-12)10-17(26)27/h1-3,12,14H,4-11H2,(H,26,27)(H,22,25,28). The molecule has 0 spiro atoms. The van der Waals surface area contributed by atoms with Crippen molar-refractivity contribution < 1.29 is 33.8 Å². The Morgan fingerprint density at radius 1 is 1.10 bits per heavy atom. The Labute approximate surface area is 178 Å². The van der Waals surface area contributed by atoms with Crippen LogP contribution in [0.1, 0.15) is 46.4 Å². The lowest BCUT2D eigenvalue weighted by Crippen LogP contribution is -2.54. The van der Waals surface area contributed by atoms with E-state index in [1.165, 1.54) is 6.07 Å².